The predicted molar refractivity (Wildman–Crippen MR) is 86.2 cm³/mol. The SMILES string of the molecule is C=C(C)C(=O)SCCOCCOCCSC(=O)C(C)C. The van der Waals surface area contributed by atoms with E-state index in [2.05, 4.69) is 6.58 Å². The smallest absolute Gasteiger partial charge is 0.214 e. The van der Waals surface area contributed by atoms with Gasteiger partial charge < -0.3 is 9.47 Å². The van der Waals surface area contributed by atoms with Crippen LogP contribution in [-0.2, 0) is 19.1 Å². The summed E-state index contributed by atoms with van der Waals surface area (Å²) in [6, 6.07) is 0. The molecule has 116 valence electrons. The van der Waals surface area contributed by atoms with E-state index in [-0.39, 0.29) is 16.1 Å². The van der Waals surface area contributed by atoms with E-state index >= 15 is 0 Å². The van der Waals surface area contributed by atoms with Crippen LogP contribution in [0.25, 0.3) is 0 Å². The van der Waals surface area contributed by atoms with E-state index in [1.165, 1.54) is 23.5 Å². The quantitative estimate of drug-likeness (QED) is 0.431. The summed E-state index contributed by atoms with van der Waals surface area (Å²) in [5.41, 5.74) is 0.562. The van der Waals surface area contributed by atoms with Crippen LogP contribution in [0.5, 0.6) is 0 Å². The zero-order chi connectivity index (χ0) is 15.4. The number of hydrogen-bond donors (Lipinski definition) is 0. The standard InChI is InChI=1S/C14H24O4S2/c1-11(2)13(15)19-9-7-17-5-6-18-8-10-20-14(16)12(3)4/h12H,1,5-10H2,2-4H3. The summed E-state index contributed by atoms with van der Waals surface area (Å²) in [6.45, 7) is 11.1. The number of ether oxygens (including phenoxy) is 2. The molecule has 0 rings (SSSR count). The van der Waals surface area contributed by atoms with Gasteiger partial charge >= 0.3 is 0 Å². The molecule has 0 saturated heterocycles. The van der Waals surface area contributed by atoms with Gasteiger partial charge in [0.1, 0.15) is 0 Å². The average molecular weight is 320 g/mol. The molecule has 4 nitrogen and oxygen atoms in total. The molecule has 0 radical (unpaired) electrons. The third-order valence-electron chi connectivity index (χ3n) is 2.12. The van der Waals surface area contributed by atoms with Gasteiger partial charge in [0.2, 0.25) is 5.12 Å². The lowest BCUT2D eigenvalue weighted by atomic mass is 10.3. The van der Waals surface area contributed by atoms with Crippen molar-refractivity contribution >= 4 is 33.8 Å². The lowest BCUT2D eigenvalue weighted by molar-refractivity contribution is -0.113. The van der Waals surface area contributed by atoms with Gasteiger partial charge in [-0.15, -0.1) is 0 Å². The van der Waals surface area contributed by atoms with Gasteiger partial charge in [0.15, 0.2) is 5.12 Å². The van der Waals surface area contributed by atoms with E-state index in [1.54, 1.807) is 6.92 Å². The molecular weight excluding hydrogens is 296 g/mol. The third-order valence-corrected chi connectivity index (χ3v) is 4.23. The van der Waals surface area contributed by atoms with Crippen LogP contribution in [0.2, 0.25) is 0 Å². The zero-order valence-corrected chi connectivity index (χ0v) is 14.1. The first-order chi connectivity index (χ1) is 9.45. The minimum atomic E-state index is 0.0108. The van der Waals surface area contributed by atoms with Crippen LogP contribution < -0.4 is 0 Å². The summed E-state index contributed by atoms with van der Waals surface area (Å²) >= 11 is 2.53. The molecule has 0 aliphatic carbocycles. The first-order valence-electron chi connectivity index (χ1n) is 6.60. The Morgan fingerprint density at radius 2 is 1.50 bits per heavy atom. The highest BCUT2D eigenvalue weighted by molar-refractivity contribution is 8.14. The number of rotatable bonds is 11. The van der Waals surface area contributed by atoms with Crippen LogP contribution in [0.3, 0.4) is 0 Å². The van der Waals surface area contributed by atoms with Gasteiger partial charge in [-0.1, -0.05) is 44.0 Å². The largest absolute Gasteiger partial charge is 0.378 e. The normalized spacial score (nSPS) is 10.8. The van der Waals surface area contributed by atoms with Crippen LogP contribution in [0.4, 0.5) is 0 Å². The molecule has 0 aromatic heterocycles. The predicted octanol–water partition coefficient (Wildman–Crippen LogP) is 2.77. The molecule has 6 heteroatoms. The first-order valence-corrected chi connectivity index (χ1v) is 8.57. The summed E-state index contributed by atoms with van der Waals surface area (Å²) in [5.74, 6) is 1.38. The average Bonchev–Trinajstić information content (AvgIpc) is 2.39. The number of hydrogen-bond acceptors (Lipinski definition) is 6. The van der Waals surface area contributed by atoms with Gasteiger partial charge in [0, 0.05) is 17.4 Å². The van der Waals surface area contributed by atoms with E-state index in [9.17, 15) is 9.59 Å². The molecule has 0 amide bonds. The molecule has 0 heterocycles. The van der Waals surface area contributed by atoms with E-state index in [4.69, 9.17) is 9.47 Å². The monoisotopic (exact) mass is 320 g/mol. The summed E-state index contributed by atoms with van der Waals surface area (Å²) < 4.78 is 10.7. The maximum Gasteiger partial charge on any atom is 0.214 e. The minimum absolute atomic E-state index is 0.0108. The Bertz CT molecular complexity index is 316. The lowest BCUT2D eigenvalue weighted by Crippen LogP contribution is -2.10. The molecule has 0 aliphatic rings. The van der Waals surface area contributed by atoms with Gasteiger partial charge in [-0.25, -0.2) is 0 Å². The maximum absolute atomic E-state index is 11.3. The number of thioether (sulfide) groups is 2. The van der Waals surface area contributed by atoms with Crippen molar-refractivity contribution in [1.29, 1.82) is 0 Å². The molecule has 0 bridgehead atoms. The summed E-state index contributed by atoms with van der Waals surface area (Å²) in [7, 11) is 0. The molecule has 0 aliphatic heterocycles. The van der Waals surface area contributed by atoms with Crippen molar-refractivity contribution in [2.45, 2.75) is 20.8 Å². The molecule has 0 N–H and O–H groups in total. The van der Waals surface area contributed by atoms with Crippen LogP contribution in [0.15, 0.2) is 12.2 Å². The van der Waals surface area contributed by atoms with Crippen molar-refractivity contribution in [3.63, 3.8) is 0 Å². The molecule has 0 fully saturated rings. The minimum Gasteiger partial charge on any atom is -0.378 e. The number of carbonyl (C=O) groups is 2. The molecule has 0 aromatic rings. The van der Waals surface area contributed by atoms with Crippen molar-refractivity contribution in [3.8, 4) is 0 Å². The lowest BCUT2D eigenvalue weighted by Gasteiger charge is -2.06. The Balaban J connectivity index is 3.23. The van der Waals surface area contributed by atoms with Gasteiger partial charge in [-0.2, -0.15) is 0 Å². The molecule has 0 spiro atoms. The maximum atomic E-state index is 11.3. The Labute approximate surface area is 130 Å². The summed E-state index contributed by atoms with van der Waals surface area (Å²) in [4.78, 5) is 22.5. The van der Waals surface area contributed by atoms with Gasteiger partial charge in [0.25, 0.3) is 0 Å². The van der Waals surface area contributed by atoms with Crippen molar-refractivity contribution in [3.05, 3.63) is 12.2 Å². The second-order valence-corrected chi connectivity index (χ2v) is 6.63. The van der Waals surface area contributed by atoms with Crippen molar-refractivity contribution in [2.75, 3.05) is 37.9 Å². The topological polar surface area (TPSA) is 52.6 Å². The van der Waals surface area contributed by atoms with E-state index in [0.717, 1.165) is 0 Å². The zero-order valence-electron chi connectivity index (χ0n) is 12.5. The van der Waals surface area contributed by atoms with E-state index in [1.807, 2.05) is 13.8 Å². The van der Waals surface area contributed by atoms with Crippen LogP contribution in [0.1, 0.15) is 20.8 Å². The van der Waals surface area contributed by atoms with Gasteiger partial charge in [-0.05, 0) is 12.5 Å². The molecule has 0 unspecified atom stereocenters. The highest BCUT2D eigenvalue weighted by Gasteiger charge is 2.06. The van der Waals surface area contributed by atoms with Crippen LogP contribution in [0, 0.1) is 5.92 Å². The second-order valence-electron chi connectivity index (χ2n) is 4.46. The Morgan fingerprint density at radius 1 is 1.00 bits per heavy atom. The van der Waals surface area contributed by atoms with Gasteiger partial charge in [-0.3, -0.25) is 9.59 Å². The second kappa shape index (κ2) is 12.4. The van der Waals surface area contributed by atoms with Crippen molar-refractivity contribution in [1.82, 2.24) is 0 Å². The molecule has 20 heavy (non-hydrogen) atoms. The summed E-state index contributed by atoms with van der Waals surface area (Å²) in [5, 5.41) is 0.209. The summed E-state index contributed by atoms with van der Waals surface area (Å²) in [6.07, 6.45) is 0. The fourth-order valence-corrected chi connectivity index (χ4v) is 2.37. The van der Waals surface area contributed by atoms with E-state index < -0.39 is 0 Å². The van der Waals surface area contributed by atoms with Crippen LogP contribution in [-0.4, -0.2) is 48.2 Å². The highest BCUT2D eigenvalue weighted by atomic mass is 32.2. The van der Waals surface area contributed by atoms with Gasteiger partial charge in [0.05, 0.1) is 26.4 Å². The number of carbonyl (C=O) groups excluding carboxylic acids is 2. The Hall–Kier alpha value is -0.300. The highest BCUT2D eigenvalue weighted by Crippen LogP contribution is 2.09. The Morgan fingerprint density at radius 3 is 1.95 bits per heavy atom. The first kappa shape index (κ1) is 19.7. The van der Waals surface area contributed by atoms with Crippen molar-refractivity contribution < 1.29 is 19.1 Å². The van der Waals surface area contributed by atoms with Crippen molar-refractivity contribution in [2.24, 2.45) is 5.92 Å². The fraction of sp³-hybridized carbons (Fsp3) is 0.714. The molecular formula is C14H24O4S2. The van der Waals surface area contributed by atoms with Crippen LogP contribution >= 0.6 is 23.5 Å². The molecule has 0 saturated carbocycles. The molecule has 0 atom stereocenters. The molecule has 0 aromatic carbocycles. The Kier molecular flexibility index (Phi) is 12.3. The fourth-order valence-electron chi connectivity index (χ4n) is 1.01. The third kappa shape index (κ3) is 11.5. The van der Waals surface area contributed by atoms with E-state index in [0.29, 0.717) is 43.5 Å².